The van der Waals surface area contributed by atoms with Crippen LogP contribution in [0.1, 0.15) is 27.0 Å². The molecule has 0 bridgehead atoms. The zero-order valence-electron chi connectivity index (χ0n) is 14.8. The monoisotopic (exact) mass is 413 g/mol. The molecule has 3 N–H and O–H groups in total. The first-order valence-corrected chi connectivity index (χ1v) is 9.51. The number of benzene rings is 2. The SMILES string of the molecule is CC(=O)Nc1cccc(NC(=O)c2ccc(Cl)c(NC(=O)c3cccs3)c2)c1. The average molecular weight is 414 g/mol. The van der Waals surface area contributed by atoms with E-state index in [1.165, 1.54) is 24.3 Å². The van der Waals surface area contributed by atoms with Crippen molar-refractivity contribution in [2.45, 2.75) is 6.92 Å². The van der Waals surface area contributed by atoms with Gasteiger partial charge in [0, 0.05) is 23.9 Å². The highest BCUT2D eigenvalue weighted by molar-refractivity contribution is 7.12. The molecule has 8 heteroatoms. The molecule has 1 aromatic heterocycles. The van der Waals surface area contributed by atoms with Gasteiger partial charge in [-0.2, -0.15) is 0 Å². The molecular weight excluding hydrogens is 398 g/mol. The van der Waals surface area contributed by atoms with Crippen LogP contribution >= 0.6 is 22.9 Å². The Hall–Kier alpha value is -3.16. The highest BCUT2D eigenvalue weighted by Gasteiger charge is 2.13. The zero-order chi connectivity index (χ0) is 20.1. The Morgan fingerprint density at radius 3 is 2.29 bits per heavy atom. The van der Waals surface area contributed by atoms with E-state index in [0.29, 0.717) is 32.5 Å². The highest BCUT2D eigenvalue weighted by atomic mass is 35.5. The first-order chi connectivity index (χ1) is 13.4. The maximum absolute atomic E-state index is 12.6. The second-order valence-electron chi connectivity index (χ2n) is 5.84. The molecule has 0 saturated heterocycles. The molecule has 0 saturated carbocycles. The van der Waals surface area contributed by atoms with Gasteiger partial charge in [0.2, 0.25) is 5.91 Å². The van der Waals surface area contributed by atoms with Crippen LogP contribution in [0.4, 0.5) is 17.1 Å². The second kappa shape index (κ2) is 8.69. The van der Waals surface area contributed by atoms with Gasteiger partial charge in [0.05, 0.1) is 15.6 Å². The van der Waals surface area contributed by atoms with Gasteiger partial charge in [-0.1, -0.05) is 23.7 Å². The molecule has 0 aliphatic heterocycles. The summed E-state index contributed by atoms with van der Waals surface area (Å²) in [6.07, 6.45) is 0. The van der Waals surface area contributed by atoms with Crippen LogP contribution in [-0.2, 0) is 4.79 Å². The van der Waals surface area contributed by atoms with Crippen molar-refractivity contribution in [1.82, 2.24) is 0 Å². The number of hydrogen-bond donors (Lipinski definition) is 3. The standard InChI is InChI=1S/C20H16ClN3O3S/c1-12(25)22-14-4-2-5-15(11-14)23-19(26)13-7-8-16(21)17(10-13)24-20(27)18-6-3-9-28-18/h2-11H,1H3,(H,22,25)(H,23,26)(H,24,27). The lowest BCUT2D eigenvalue weighted by atomic mass is 10.1. The van der Waals surface area contributed by atoms with Crippen LogP contribution < -0.4 is 16.0 Å². The quantitative estimate of drug-likeness (QED) is 0.558. The Bertz CT molecular complexity index is 1030. The minimum Gasteiger partial charge on any atom is -0.326 e. The molecule has 3 rings (SSSR count). The number of halogens is 1. The maximum atomic E-state index is 12.6. The van der Waals surface area contributed by atoms with Crippen LogP contribution in [0.3, 0.4) is 0 Å². The molecule has 2 aromatic carbocycles. The van der Waals surface area contributed by atoms with Gasteiger partial charge < -0.3 is 16.0 Å². The Balaban J connectivity index is 1.75. The smallest absolute Gasteiger partial charge is 0.265 e. The van der Waals surface area contributed by atoms with E-state index in [4.69, 9.17) is 11.6 Å². The van der Waals surface area contributed by atoms with E-state index in [1.807, 2.05) is 0 Å². The van der Waals surface area contributed by atoms with Crippen molar-refractivity contribution in [3.05, 3.63) is 75.4 Å². The number of nitrogens with one attached hydrogen (secondary N) is 3. The average Bonchev–Trinajstić information content (AvgIpc) is 3.18. The third kappa shape index (κ3) is 4.97. The number of anilines is 3. The number of amides is 3. The van der Waals surface area contributed by atoms with Crippen molar-refractivity contribution in [2.75, 3.05) is 16.0 Å². The molecule has 0 fully saturated rings. The summed E-state index contributed by atoms with van der Waals surface area (Å²) in [5.41, 5.74) is 1.77. The van der Waals surface area contributed by atoms with Crippen LogP contribution in [-0.4, -0.2) is 17.7 Å². The fourth-order valence-corrected chi connectivity index (χ4v) is 3.22. The van der Waals surface area contributed by atoms with Crippen molar-refractivity contribution in [3.63, 3.8) is 0 Å². The number of thiophene rings is 1. The van der Waals surface area contributed by atoms with Crippen LogP contribution in [0.25, 0.3) is 0 Å². The van der Waals surface area contributed by atoms with Gasteiger partial charge in [-0.15, -0.1) is 11.3 Å². The van der Waals surface area contributed by atoms with Crippen molar-refractivity contribution >= 4 is 57.7 Å². The number of rotatable bonds is 5. The number of hydrogen-bond acceptors (Lipinski definition) is 4. The minimum absolute atomic E-state index is 0.202. The van der Waals surface area contributed by atoms with Gasteiger partial charge in [0.1, 0.15) is 0 Å². The Labute approximate surface area is 170 Å². The van der Waals surface area contributed by atoms with Crippen molar-refractivity contribution in [1.29, 1.82) is 0 Å². The van der Waals surface area contributed by atoms with Crippen molar-refractivity contribution in [2.24, 2.45) is 0 Å². The fourth-order valence-electron chi connectivity index (χ4n) is 2.44. The molecule has 3 aromatic rings. The third-order valence-corrected chi connectivity index (χ3v) is 4.86. The molecule has 0 aliphatic rings. The highest BCUT2D eigenvalue weighted by Crippen LogP contribution is 2.25. The fraction of sp³-hybridized carbons (Fsp3) is 0.0500. The van der Waals surface area contributed by atoms with Crippen molar-refractivity contribution in [3.8, 4) is 0 Å². The molecule has 0 spiro atoms. The van der Waals surface area contributed by atoms with Crippen LogP contribution in [0.15, 0.2) is 60.0 Å². The van der Waals surface area contributed by atoms with Gasteiger partial charge in [0.25, 0.3) is 11.8 Å². The second-order valence-corrected chi connectivity index (χ2v) is 7.20. The molecule has 142 valence electrons. The lowest BCUT2D eigenvalue weighted by molar-refractivity contribution is -0.114. The first-order valence-electron chi connectivity index (χ1n) is 8.26. The molecule has 0 aliphatic carbocycles. The Morgan fingerprint density at radius 2 is 1.61 bits per heavy atom. The van der Waals surface area contributed by atoms with Gasteiger partial charge in [-0.25, -0.2) is 0 Å². The van der Waals surface area contributed by atoms with E-state index in [2.05, 4.69) is 16.0 Å². The van der Waals surface area contributed by atoms with E-state index in [1.54, 1.807) is 53.9 Å². The predicted octanol–water partition coefficient (Wildman–Crippen LogP) is 4.86. The number of carbonyl (C=O) groups excluding carboxylic acids is 3. The molecule has 3 amide bonds. The normalized spacial score (nSPS) is 10.2. The van der Waals surface area contributed by atoms with Gasteiger partial charge in [-0.05, 0) is 47.8 Å². The third-order valence-electron chi connectivity index (χ3n) is 3.66. The largest absolute Gasteiger partial charge is 0.326 e. The summed E-state index contributed by atoms with van der Waals surface area (Å²) in [6, 6.07) is 14.9. The molecule has 28 heavy (non-hydrogen) atoms. The van der Waals surface area contributed by atoms with E-state index < -0.39 is 0 Å². The van der Waals surface area contributed by atoms with Gasteiger partial charge in [0.15, 0.2) is 0 Å². The summed E-state index contributed by atoms with van der Waals surface area (Å²) in [7, 11) is 0. The zero-order valence-corrected chi connectivity index (χ0v) is 16.4. The molecule has 1 heterocycles. The number of carbonyl (C=O) groups is 3. The summed E-state index contributed by atoms with van der Waals surface area (Å²) in [6.45, 7) is 1.41. The van der Waals surface area contributed by atoms with E-state index in [0.717, 1.165) is 0 Å². The van der Waals surface area contributed by atoms with Crippen LogP contribution in [0.5, 0.6) is 0 Å². The lowest BCUT2D eigenvalue weighted by Gasteiger charge is -2.10. The van der Waals surface area contributed by atoms with Crippen LogP contribution in [0, 0.1) is 0 Å². The molecule has 0 atom stereocenters. The lowest BCUT2D eigenvalue weighted by Crippen LogP contribution is -2.14. The van der Waals surface area contributed by atoms with Gasteiger partial charge in [-0.3, -0.25) is 14.4 Å². The molecule has 0 unspecified atom stereocenters. The van der Waals surface area contributed by atoms with E-state index in [-0.39, 0.29) is 17.7 Å². The van der Waals surface area contributed by atoms with E-state index in [9.17, 15) is 14.4 Å². The summed E-state index contributed by atoms with van der Waals surface area (Å²) in [5, 5.41) is 10.3. The maximum Gasteiger partial charge on any atom is 0.265 e. The summed E-state index contributed by atoms with van der Waals surface area (Å²) in [4.78, 5) is 36.5. The Kier molecular flexibility index (Phi) is 6.08. The minimum atomic E-state index is -0.372. The van der Waals surface area contributed by atoms with Crippen molar-refractivity contribution < 1.29 is 14.4 Å². The molecule has 6 nitrogen and oxygen atoms in total. The molecular formula is C20H16ClN3O3S. The summed E-state index contributed by atoms with van der Waals surface area (Å²) < 4.78 is 0. The predicted molar refractivity (Wildman–Crippen MR) is 112 cm³/mol. The summed E-state index contributed by atoms with van der Waals surface area (Å²) >= 11 is 7.46. The van der Waals surface area contributed by atoms with Crippen LogP contribution in [0.2, 0.25) is 5.02 Å². The van der Waals surface area contributed by atoms with Gasteiger partial charge >= 0.3 is 0 Å². The topological polar surface area (TPSA) is 87.3 Å². The summed E-state index contributed by atoms with van der Waals surface area (Å²) in [5.74, 6) is -0.868. The first kappa shape index (κ1) is 19.6. The Morgan fingerprint density at radius 1 is 0.857 bits per heavy atom. The molecule has 0 radical (unpaired) electrons. The van der Waals surface area contributed by atoms with E-state index >= 15 is 0 Å².